The van der Waals surface area contributed by atoms with Gasteiger partial charge >= 0.3 is 0 Å². The van der Waals surface area contributed by atoms with Gasteiger partial charge in [0, 0.05) is 29.7 Å². The van der Waals surface area contributed by atoms with E-state index in [2.05, 4.69) is 37.4 Å². The van der Waals surface area contributed by atoms with Crippen molar-refractivity contribution in [2.45, 2.75) is 25.4 Å². The van der Waals surface area contributed by atoms with Crippen LogP contribution >= 0.6 is 47.8 Å². The molecule has 6 rings (SSSR count). The highest BCUT2D eigenvalue weighted by Gasteiger charge is 2.21. The number of anilines is 2. The number of fused-ring (bicyclic) bond motifs is 2. The van der Waals surface area contributed by atoms with Crippen molar-refractivity contribution >= 4 is 86.3 Å². The maximum Gasteiger partial charge on any atom is 0.237 e. The molecule has 0 spiro atoms. The van der Waals surface area contributed by atoms with E-state index in [0.29, 0.717) is 29.7 Å². The van der Waals surface area contributed by atoms with Gasteiger partial charge in [0.05, 0.1) is 16.6 Å². The molecule has 0 aliphatic carbocycles. The molecule has 5 aromatic rings. The topological polar surface area (TPSA) is 93.1 Å². The fourth-order valence-corrected chi connectivity index (χ4v) is 5.60. The third kappa shape index (κ3) is 6.40. The number of hydrogen-bond donors (Lipinski definition) is 3. The Morgan fingerprint density at radius 2 is 2.05 bits per heavy atom. The summed E-state index contributed by atoms with van der Waals surface area (Å²) in [4.78, 5) is 21.2. The third-order valence-electron chi connectivity index (χ3n) is 6.43. The highest BCUT2D eigenvalue weighted by atomic mass is 35.5. The van der Waals surface area contributed by atoms with Gasteiger partial charge in [-0.25, -0.2) is 9.97 Å². The Labute approximate surface area is 246 Å². The van der Waals surface area contributed by atoms with E-state index in [1.807, 2.05) is 53.2 Å². The quantitative estimate of drug-likeness (QED) is 0.186. The fraction of sp³-hybridized carbons (Fsp3) is 0.222. The van der Waals surface area contributed by atoms with Crippen molar-refractivity contribution in [3.8, 4) is 11.5 Å². The largest absolute Gasteiger partial charge is 0.456 e. The summed E-state index contributed by atoms with van der Waals surface area (Å²) in [7, 11) is 0. The fourth-order valence-electron chi connectivity index (χ4n) is 4.57. The molecule has 0 bridgehead atoms. The van der Waals surface area contributed by atoms with Crippen LogP contribution in [0.3, 0.4) is 0 Å². The Morgan fingerprint density at radius 1 is 1.15 bits per heavy atom. The van der Waals surface area contributed by atoms with Crippen molar-refractivity contribution in [2.24, 2.45) is 0 Å². The van der Waals surface area contributed by atoms with Crippen LogP contribution in [0.4, 0.5) is 11.5 Å². The molecule has 4 heterocycles. The van der Waals surface area contributed by atoms with Crippen LogP contribution in [-0.2, 0) is 11.3 Å². The molecule has 0 saturated carbocycles. The molecular formula is C27H27Cl3N6O2S. The molecule has 1 saturated heterocycles. The van der Waals surface area contributed by atoms with Crippen LogP contribution in [0.25, 0.3) is 21.1 Å². The maximum atomic E-state index is 12.3. The molecule has 1 aliphatic rings. The number of hydrogen-bond acceptors (Lipinski definition) is 7. The van der Waals surface area contributed by atoms with E-state index in [9.17, 15) is 4.79 Å². The average molecular weight is 606 g/mol. The molecule has 1 fully saturated rings. The normalized spacial score (nSPS) is 14.5. The lowest BCUT2D eigenvalue weighted by Crippen LogP contribution is -2.41. The number of thiophene rings is 1. The molecular weight excluding hydrogens is 579 g/mol. The number of amides is 1. The molecule has 8 nitrogen and oxygen atoms in total. The van der Waals surface area contributed by atoms with Crippen LogP contribution in [-0.4, -0.2) is 39.6 Å². The van der Waals surface area contributed by atoms with Gasteiger partial charge in [-0.3, -0.25) is 4.79 Å². The molecule has 1 atom stereocenters. The number of rotatable bonds is 8. The van der Waals surface area contributed by atoms with Crippen molar-refractivity contribution in [3.05, 3.63) is 71.5 Å². The Morgan fingerprint density at radius 3 is 2.87 bits per heavy atom. The van der Waals surface area contributed by atoms with E-state index in [-0.39, 0.29) is 36.8 Å². The van der Waals surface area contributed by atoms with Gasteiger partial charge in [-0.2, -0.15) is 0 Å². The van der Waals surface area contributed by atoms with E-state index in [1.165, 1.54) is 11.7 Å². The summed E-state index contributed by atoms with van der Waals surface area (Å²) in [6.07, 6.45) is 5.41. The molecule has 3 N–H and O–H groups in total. The summed E-state index contributed by atoms with van der Waals surface area (Å²) in [5, 5.41) is 13.4. The minimum Gasteiger partial charge on any atom is -0.456 e. The molecule has 2 aromatic carbocycles. The van der Waals surface area contributed by atoms with E-state index < -0.39 is 0 Å². The van der Waals surface area contributed by atoms with Crippen molar-refractivity contribution in [1.29, 1.82) is 0 Å². The lowest BCUT2D eigenvalue weighted by molar-refractivity contribution is -0.122. The molecule has 1 aliphatic heterocycles. The van der Waals surface area contributed by atoms with Crippen molar-refractivity contribution < 1.29 is 9.53 Å². The van der Waals surface area contributed by atoms with E-state index in [0.717, 1.165) is 46.6 Å². The zero-order chi connectivity index (χ0) is 25.2. The van der Waals surface area contributed by atoms with E-state index in [4.69, 9.17) is 16.3 Å². The molecule has 1 amide bonds. The van der Waals surface area contributed by atoms with Crippen molar-refractivity contribution in [2.75, 3.05) is 18.4 Å². The van der Waals surface area contributed by atoms with Crippen LogP contribution in [0, 0.1) is 0 Å². The van der Waals surface area contributed by atoms with Gasteiger partial charge in [-0.05, 0) is 78.7 Å². The SMILES string of the molecule is Cl.Cl.O=C(NCCn1ccc2ncnc(Nc3ccc(Oc4ccc5ccsc5c4)c(Cl)c3)c21)C1CCCN1. The van der Waals surface area contributed by atoms with Gasteiger partial charge < -0.3 is 25.3 Å². The second kappa shape index (κ2) is 12.8. The standard InChI is InChI=1S/C27H25ClN6O2S.2ClH/c28-20-14-18(4-6-23(20)36-19-5-3-17-8-13-37-24(17)15-19)33-26-25-21(31-16-32-26)7-11-34(25)12-10-30-27(35)22-2-1-9-29-22;;/h3-8,11,13-16,22,29H,1-2,9-10,12H2,(H,30,35)(H,31,32,33);2*1H. The van der Waals surface area contributed by atoms with Crippen LogP contribution < -0.4 is 20.7 Å². The predicted octanol–water partition coefficient (Wildman–Crippen LogP) is 6.55. The number of halogens is 3. The number of carbonyl (C=O) groups excluding carboxylic acids is 1. The number of carbonyl (C=O) groups is 1. The number of aromatic nitrogens is 3. The molecule has 1 unspecified atom stereocenters. The summed E-state index contributed by atoms with van der Waals surface area (Å²) in [5.74, 6) is 2.03. The second-order valence-corrected chi connectivity index (χ2v) is 10.3. The number of nitrogens with zero attached hydrogens (tertiary/aromatic N) is 3. The van der Waals surface area contributed by atoms with Gasteiger partial charge in [0.25, 0.3) is 0 Å². The number of ether oxygens (including phenoxy) is 1. The summed E-state index contributed by atoms with van der Waals surface area (Å²) in [5.41, 5.74) is 2.45. The first-order chi connectivity index (χ1) is 18.1. The maximum absolute atomic E-state index is 12.3. The summed E-state index contributed by atoms with van der Waals surface area (Å²) in [6.45, 7) is 2.02. The van der Waals surface area contributed by atoms with E-state index >= 15 is 0 Å². The first-order valence-electron chi connectivity index (χ1n) is 12.2. The summed E-state index contributed by atoms with van der Waals surface area (Å²) < 4.78 is 9.25. The van der Waals surface area contributed by atoms with E-state index in [1.54, 1.807) is 11.3 Å². The first kappa shape index (κ1) is 28.9. The Kier molecular flexibility index (Phi) is 9.53. The van der Waals surface area contributed by atoms with Gasteiger partial charge in [0.1, 0.15) is 23.3 Å². The predicted molar refractivity (Wildman–Crippen MR) is 163 cm³/mol. The summed E-state index contributed by atoms with van der Waals surface area (Å²) in [6, 6.07) is 15.5. The molecule has 0 radical (unpaired) electrons. The molecule has 3 aromatic heterocycles. The summed E-state index contributed by atoms with van der Waals surface area (Å²) >= 11 is 8.25. The monoisotopic (exact) mass is 604 g/mol. The zero-order valence-electron chi connectivity index (χ0n) is 20.7. The lowest BCUT2D eigenvalue weighted by atomic mass is 10.2. The zero-order valence-corrected chi connectivity index (χ0v) is 23.9. The van der Waals surface area contributed by atoms with Crippen LogP contribution in [0.2, 0.25) is 5.02 Å². The average Bonchev–Trinajstić information content (AvgIpc) is 3.67. The minimum absolute atomic E-state index is 0. The lowest BCUT2D eigenvalue weighted by Gasteiger charge is -2.14. The van der Waals surface area contributed by atoms with Gasteiger partial charge in [0.2, 0.25) is 5.91 Å². The van der Waals surface area contributed by atoms with Crippen LogP contribution in [0.15, 0.2) is 66.4 Å². The van der Waals surface area contributed by atoms with Crippen molar-refractivity contribution in [1.82, 2.24) is 25.2 Å². The number of nitrogens with one attached hydrogen (secondary N) is 3. The highest BCUT2D eigenvalue weighted by Crippen LogP contribution is 2.35. The second-order valence-electron chi connectivity index (χ2n) is 8.90. The Bertz CT molecular complexity index is 1580. The molecule has 12 heteroatoms. The van der Waals surface area contributed by atoms with Gasteiger partial charge in [0.15, 0.2) is 5.82 Å². The van der Waals surface area contributed by atoms with Gasteiger partial charge in [-0.15, -0.1) is 36.2 Å². The number of benzene rings is 2. The van der Waals surface area contributed by atoms with Crippen molar-refractivity contribution in [3.63, 3.8) is 0 Å². The Hall–Kier alpha value is -3.08. The third-order valence-corrected chi connectivity index (χ3v) is 7.60. The minimum atomic E-state index is -0.0859. The van der Waals surface area contributed by atoms with Crippen LogP contribution in [0.1, 0.15) is 12.8 Å². The Balaban J connectivity index is 0.00000176. The van der Waals surface area contributed by atoms with Crippen LogP contribution in [0.5, 0.6) is 11.5 Å². The first-order valence-corrected chi connectivity index (χ1v) is 13.4. The molecule has 39 heavy (non-hydrogen) atoms. The highest BCUT2D eigenvalue weighted by molar-refractivity contribution is 7.17. The van der Waals surface area contributed by atoms with Gasteiger partial charge in [-0.1, -0.05) is 11.6 Å². The smallest absolute Gasteiger partial charge is 0.237 e. The molecule has 204 valence electrons.